The van der Waals surface area contributed by atoms with Crippen LogP contribution in [-0.2, 0) is 6.11 Å². The van der Waals surface area contributed by atoms with Crippen LogP contribution < -0.4 is 0 Å². The molecule has 6 heteroatoms. The summed E-state index contributed by atoms with van der Waals surface area (Å²) in [7, 11) is 0. The fraction of sp³-hybridized carbons (Fsp3) is 0.143. The highest BCUT2D eigenvalue weighted by Gasteiger charge is 2.28. The number of aliphatic hydroxyl groups is 1. The topological polar surface area (TPSA) is 63.4 Å². The van der Waals surface area contributed by atoms with Gasteiger partial charge in [-0.25, -0.2) is 0 Å². The number of nitrogens with zero attached hydrogens (tertiary/aromatic N) is 1. The van der Waals surface area contributed by atoms with Crippen molar-refractivity contribution in [3.05, 3.63) is 39.9 Å². The Labute approximate surface area is 71.6 Å². The van der Waals surface area contributed by atoms with Gasteiger partial charge in [-0.1, -0.05) is 6.07 Å². The minimum absolute atomic E-state index is 0.480. The quantitative estimate of drug-likeness (QED) is 0.568. The fourth-order valence-corrected chi connectivity index (χ4v) is 0.807. The lowest BCUT2D eigenvalue weighted by Crippen LogP contribution is -2.11. The van der Waals surface area contributed by atoms with Gasteiger partial charge < -0.3 is 5.11 Å². The SMILES string of the molecule is O=[N+]([O-])c1cccc(C(O)(F)F)c1. The Morgan fingerprint density at radius 1 is 1.46 bits per heavy atom. The van der Waals surface area contributed by atoms with Crippen molar-refractivity contribution >= 4 is 5.69 Å². The molecule has 1 aromatic rings. The number of rotatable bonds is 2. The van der Waals surface area contributed by atoms with E-state index >= 15 is 0 Å². The maximum atomic E-state index is 12.2. The van der Waals surface area contributed by atoms with Gasteiger partial charge in [0.05, 0.1) is 10.5 Å². The molecule has 0 atom stereocenters. The minimum atomic E-state index is -4.04. The Kier molecular flexibility index (Phi) is 2.24. The molecule has 0 unspecified atom stereocenters. The standard InChI is InChI=1S/C7H5F2NO3/c8-7(9,11)5-2-1-3-6(4-5)10(12)13/h1-4,11H. The van der Waals surface area contributed by atoms with Crippen molar-refractivity contribution in [2.45, 2.75) is 6.11 Å². The molecular weight excluding hydrogens is 184 g/mol. The number of hydrogen-bond donors (Lipinski definition) is 1. The molecule has 4 nitrogen and oxygen atoms in total. The Bertz CT molecular complexity index is 335. The van der Waals surface area contributed by atoms with E-state index in [1.807, 2.05) is 0 Å². The summed E-state index contributed by atoms with van der Waals surface area (Å²) < 4.78 is 24.5. The second-order valence-corrected chi connectivity index (χ2v) is 2.35. The summed E-state index contributed by atoms with van der Waals surface area (Å²) in [5.74, 6) is 0. The van der Waals surface area contributed by atoms with E-state index in [9.17, 15) is 18.9 Å². The molecule has 0 bridgehead atoms. The lowest BCUT2D eigenvalue weighted by atomic mass is 10.2. The molecule has 1 rings (SSSR count). The normalized spacial score (nSPS) is 11.3. The second-order valence-electron chi connectivity index (χ2n) is 2.35. The molecule has 1 N–H and O–H groups in total. The van der Waals surface area contributed by atoms with Crippen molar-refractivity contribution in [2.24, 2.45) is 0 Å². The zero-order valence-electron chi connectivity index (χ0n) is 6.28. The van der Waals surface area contributed by atoms with Crippen LogP contribution in [0.2, 0.25) is 0 Å². The number of benzene rings is 1. The third-order valence-corrected chi connectivity index (χ3v) is 1.40. The highest BCUT2D eigenvalue weighted by atomic mass is 19.3. The van der Waals surface area contributed by atoms with E-state index in [1.54, 1.807) is 0 Å². The number of nitro benzene ring substituents is 1. The highest BCUT2D eigenvalue weighted by molar-refractivity contribution is 5.35. The largest absolute Gasteiger partial charge is 0.381 e. The van der Waals surface area contributed by atoms with Gasteiger partial charge >= 0.3 is 6.11 Å². The minimum Gasteiger partial charge on any atom is -0.332 e. The van der Waals surface area contributed by atoms with Crippen molar-refractivity contribution in [2.75, 3.05) is 0 Å². The van der Waals surface area contributed by atoms with Gasteiger partial charge in [0.2, 0.25) is 0 Å². The van der Waals surface area contributed by atoms with Gasteiger partial charge in [0.1, 0.15) is 0 Å². The predicted octanol–water partition coefficient (Wildman–Crippen LogP) is 1.64. The average Bonchev–Trinajstić information content (AvgIpc) is 2.03. The Balaban J connectivity index is 3.13. The number of alkyl halides is 2. The summed E-state index contributed by atoms with van der Waals surface area (Å²) in [6.45, 7) is 0. The number of non-ortho nitro benzene ring substituents is 1. The van der Waals surface area contributed by atoms with Gasteiger partial charge in [-0.3, -0.25) is 10.1 Å². The molecule has 1 aromatic carbocycles. The van der Waals surface area contributed by atoms with Crippen LogP contribution in [0.3, 0.4) is 0 Å². The molecule has 70 valence electrons. The van der Waals surface area contributed by atoms with E-state index < -0.39 is 22.3 Å². The van der Waals surface area contributed by atoms with Crippen molar-refractivity contribution in [3.8, 4) is 0 Å². The highest BCUT2D eigenvalue weighted by Crippen LogP contribution is 2.26. The molecule has 0 aliphatic carbocycles. The maximum absolute atomic E-state index is 12.2. The molecule has 0 saturated heterocycles. The molecule has 0 aliphatic rings. The van der Waals surface area contributed by atoms with Crippen LogP contribution >= 0.6 is 0 Å². The average molecular weight is 189 g/mol. The number of hydrogen-bond acceptors (Lipinski definition) is 3. The Morgan fingerprint density at radius 2 is 2.08 bits per heavy atom. The van der Waals surface area contributed by atoms with Crippen molar-refractivity contribution in [3.63, 3.8) is 0 Å². The Hall–Kier alpha value is -1.56. The van der Waals surface area contributed by atoms with Gasteiger partial charge in [0, 0.05) is 12.1 Å². The van der Waals surface area contributed by atoms with Crippen molar-refractivity contribution in [1.29, 1.82) is 0 Å². The summed E-state index contributed by atoms with van der Waals surface area (Å²) in [5, 5.41) is 18.4. The number of halogens is 2. The van der Waals surface area contributed by atoms with Gasteiger partial charge in [-0.2, -0.15) is 8.78 Å². The van der Waals surface area contributed by atoms with Crippen LogP contribution in [-0.4, -0.2) is 10.0 Å². The van der Waals surface area contributed by atoms with E-state index in [4.69, 9.17) is 5.11 Å². The zero-order valence-corrected chi connectivity index (χ0v) is 6.28. The summed E-state index contributed by atoms with van der Waals surface area (Å²) in [6.07, 6.45) is -4.04. The van der Waals surface area contributed by atoms with Gasteiger partial charge in [-0.15, -0.1) is 0 Å². The first-order valence-electron chi connectivity index (χ1n) is 3.26. The summed E-state index contributed by atoms with van der Waals surface area (Å²) in [4.78, 5) is 9.35. The molecule has 0 fully saturated rings. The molecule has 0 radical (unpaired) electrons. The molecular formula is C7H5F2NO3. The van der Waals surface area contributed by atoms with E-state index in [0.717, 1.165) is 18.2 Å². The predicted molar refractivity (Wildman–Crippen MR) is 39.2 cm³/mol. The molecule has 13 heavy (non-hydrogen) atoms. The summed E-state index contributed by atoms with van der Waals surface area (Å²) in [5.41, 5.74) is -1.27. The maximum Gasteiger partial charge on any atom is 0.381 e. The van der Waals surface area contributed by atoms with Crippen LogP contribution in [0.15, 0.2) is 24.3 Å². The van der Waals surface area contributed by atoms with E-state index in [1.165, 1.54) is 0 Å². The smallest absolute Gasteiger partial charge is 0.332 e. The number of nitro groups is 1. The molecule has 0 saturated carbocycles. The molecule has 0 spiro atoms. The van der Waals surface area contributed by atoms with Crippen LogP contribution in [0.4, 0.5) is 14.5 Å². The molecule has 0 heterocycles. The van der Waals surface area contributed by atoms with E-state index in [-0.39, 0.29) is 0 Å². The van der Waals surface area contributed by atoms with Crippen LogP contribution in [0, 0.1) is 10.1 Å². The third-order valence-electron chi connectivity index (χ3n) is 1.40. The Morgan fingerprint density at radius 3 is 2.54 bits per heavy atom. The zero-order chi connectivity index (χ0) is 10.1. The first kappa shape index (κ1) is 9.53. The van der Waals surface area contributed by atoms with Crippen molar-refractivity contribution in [1.82, 2.24) is 0 Å². The van der Waals surface area contributed by atoms with Crippen LogP contribution in [0.1, 0.15) is 5.56 Å². The first-order chi connectivity index (χ1) is 5.91. The fourth-order valence-electron chi connectivity index (χ4n) is 0.807. The van der Waals surface area contributed by atoms with Crippen LogP contribution in [0.5, 0.6) is 0 Å². The third kappa shape index (κ3) is 2.19. The first-order valence-corrected chi connectivity index (χ1v) is 3.26. The molecule has 0 amide bonds. The van der Waals surface area contributed by atoms with E-state index in [0.29, 0.717) is 6.07 Å². The lowest BCUT2D eigenvalue weighted by molar-refractivity contribution is -0.385. The summed E-state index contributed by atoms with van der Waals surface area (Å²) in [6, 6.07) is 3.68. The van der Waals surface area contributed by atoms with Gasteiger partial charge in [0.25, 0.3) is 5.69 Å². The van der Waals surface area contributed by atoms with Gasteiger partial charge in [-0.05, 0) is 6.07 Å². The molecule has 0 aromatic heterocycles. The van der Waals surface area contributed by atoms with Crippen molar-refractivity contribution < 1.29 is 18.8 Å². The van der Waals surface area contributed by atoms with Crippen LogP contribution in [0.25, 0.3) is 0 Å². The summed E-state index contributed by atoms with van der Waals surface area (Å²) >= 11 is 0. The monoisotopic (exact) mass is 189 g/mol. The van der Waals surface area contributed by atoms with Gasteiger partial charge in [0.15, 0.2) is 0 Å². The molecule has 0 aliphatic heterocycles. The van der Waals surface area contributed by atoms with E-state index in [2.05, 4.69) is 0 Å². The lowest BCUT2D eigenvalue weighted by Gasteiger charge is -2.07. The second kappa shape index (κ2) is 3.06.